The van der Waals surface area contributed by atoms with Gasteiger partial charge in [-0.05, 0) is 61.4 Å². The SMILES string of the molecule is COCC(C)(C)c1c([C@H]2CC[C@H](C(=O)O)CC2)c2cc3[nH]ncc3cc2n1-c1ccc(F)c(OC)c1. The van der Waals surface area contributed by atoms with Crippen LogP contribution in [0.15, 0.2) is 36.5 Å². The Balaban J connectivity index is 1.83. The van der Waals surface area contributed by atoms with E-state index < -0.39 is 11.8 Å². The molecule has 2 aromatic heterocycles. The molecule has 2 heterocycles. The van der Waals surface area contributed by atoms with Gasteiger partial charge < -0.3 is 19.1 Å². The minimum Gasteiger partial charge on any atom is -0.494 e. The molecule has 190 valence electrons. The molecule has 0 saturated heterocycles. The number of fused-ring (bicyclic) bond motifs is 2. The Morgan fingerprint density at radius 2 is 1.94 bits per heavy atom. The zero-order valence-corrected chi connectivity index (χ0v) is 21.1. The molecule has 2 aromatic carbocycles. The molecule has 0 aliphatic heterocycles. The Morgan fingerprint density at radius 3 is 2.61 bits per heavy atom. The summed E-state index contributed by atoms with van der Waals surface area (Å²) in [7, 11) is 3.16. The van der Waals surface area contributed by atoms with Crippen molar-refractivity contribution in [2.75, 3.05) is 20.8 Å². The van der Waals surface area contributed by atoms with Crippen LogP contribution in [0.3, 0.4) is 0 Å². The van der Waals surface area contributed by atoms with Gasteiger partial charge in [0.25, 0.3) is 0 Å². The van der Waals surface area contributed by atoms with Crippen molar-refractivity contribution in [3.8, 4) is 11.4 Å². The van der Waals surface area contributed by atoms with Crippen LogP contribution in [0.2, 0.25) is 0 Å². The molecule has 5 rings (SSSR count). The van der Waals surface area contributed by atoms with Crippen LogP contribution in [0.4, 0.5) is 4.39 Å². The van der Waals surface area contributed by atoms with Crippen molar-refractivity contribution in [1.29, 1.82) is 0 Å². The summed E-state index contributed by atoms with van der Waals surface area (Å²) >= 11 is 0. The highest BCUT2D eigenvalue weighted by atomic mass is 19.1. The molecule has 1 fully saturated rings. The molecule has 7 nitrogen and oxygen atoms in total. The van der Waals surface area contributed by atoms with Crippen molar-refractivity contribution < 1.29 is 23.8 Å². The third-order valence-electron chi connectivity index (χ3n) is 7.59. The molecule has 0 unspecified atom stereocenters. The van der Waals surface area contributed by atoms with Gasteiger partial charge in [-0.2, -0.15) is 5.10 Å². The van der Waals surface area contributed by atoms with E-state index in [2.05, 4.69) is 40.7 Å². The molecule has 2 N–H and O–H groups in total. The molecule has 8 heteroatoms. The zero-order chi connectivity index (χ0) is 25.6. The van der Waals surface area contributed by atoms with Gasteiger partial charge in [-0.25, -0.2) is 4.39 Å². The maximum absolute atomic E-state index is 14.4. The summed E-state index contributed by atoms with van der Waals surface area (Å²) in [6, 6.07) is 9.18. The van der Waals surface area contributed by atoms with Gasteiger partial charge in [0.1, 0.15) is 0 Å². The van der Waals surface area contributed by atoms with E-state index >= 15 is 0 Å². The highest BCUT2D eigenvalue weighted by Gasteiger charge is 2.37. The fourth-order valence-electron chi connectivity index (χ4n) is 5.94. The first-order chi connectivity index (χ1) is 17.2. The third kappa shape index (κ3) is 4.03. The average molecular weight is 494 g/mol. The number of ether oxygens (including phenoxy) is 2. The minimum absolute atomic E-state index is 0.178. The maximum Gasteiger partial charge on any atom is 0.306 e. The number of H-pyrrole nitrogens is 1. The summed E-state index contributed by atoms with van der Waals surface area (Å²) in [4.78, 5) is 11.6. The lowest BCUT2D eigenvalue weighted by Gasteiger charge is -2.32. The monoisotopic (exact) mass is 493 g/mol. The van der Waals surface area contributed by atoms with Crippen molar-refractivity contribution in [2.24, 2.45) is 5.92 Å². The first-order valence-corrected chi connectivity index (χ1v) is 12.3. The van der Waals surface area contributed by atoms with E-state index in [1.165, 1.54) is 18.7 Å². The highest BCUT2D eigenvalue weighted by molar-refractivity contribution is 5.99. The van der Waals surface area contributed by atoms with Crippen LogP contribution in [0.5, 0.6) is 5.75 Å². The second-order valence-corrected chi connectivity index (χ2v) is 10.4. The van der Waals surface area contributed by atoms with Gasteiger partial charge in [0.15, 0.2) is 11.6 Å². The number of nitrogens with one attached hydrogen (secondary N) is 1. The average Bonchev–Trinajstić information content (AvgIpc) is 3.45. The van der Waals surface area contributed by atoms with Crippen LogP contribution in [-0.4, -0.2) is 46.7 Å². The number of benzene rings is 2. The van der Waals surface area contributed by atoms with Crippen molar-refractivity contribution in [3.63, 3.8) is 0 Å². The molecular formula is C28H32FN3O4. The number of carbonyl (C=O) groups is 1. The largest absolute Gasteiger partial charge is 0.494 e. The van der Waals surface area contributed by atoms with Crippen molar-refractivity contribution >= 4 is 27.8 Å². The topological polar surface area (TPSA) is 89.4 Å². The number of aliphatic carboxylic acids is 1. The first-order valence-electron chi connectivity index (χ1n) is 12.3. The van der Waals surface area contributed by atoms with Gasteiger partial charge in [-0.3, -0.25) is 9.89 Å². The molecule has 1 saturated carbocycles. The quantitative estimate of drug-likeness (QED) is 0.333. The number of nitrogens with zero attached hydrogens (tertiary/aromatic N) is 2. The number of aromatic amines is 1. The van der Waals surface area contributed by atoms with E-state index in [1.54, 1.807) is 25.4 Å². The molecule has 1 aliphatic carbocycles. The van der Waals surface area contributed by atoms with Crippen molar-refractivity contribution in [3.05, 3.63) is 53.6 Å². The lowest BCUT2D eigenvalue weighted by Crippen LogP contribution is -2.29. The fourth-order valence-corrected chi connectivity index (χ4v) is 5.94. The van der Waals surface area contributed by atoms with Crippen LogP contribution in [0, 0.1) is 11.7 Å². The van der Waals surface area contributed by atoms with Gasteiger partial charge in [0, 0.05) is 40.7 Å². The molecule has 0 spiro atoms. The van der Waals surface area contributed by atoms with Crippen LogP contribution in [0.25, 0.3) is 27.5 Å². The van der Waals surface area contributed by atoms with Gasteiger partial charge >= 0.3 is 5.97 Å². The number of carboxylic acids is 1. The molecule has 36 heavy (non-hydrogen) atoms. The standard InChI is InChI=1S/C28H32FN3O4/c1-28(2,15-35-3)26-25(16-5-7-17(8-6-16)27(33)34)20-13-22-18(14-30-31-22)11-23(20)32(26)19-9-10-21(29)24(12-19)36-4/h9-14,16-17H,5-8,15H2,1-4H3,(H,30,31)(H,33,34)/t16-,17-. The van der Waals surface area contributed by atoms with Crippen LogP contribution in [0.1, 0.15) is 56.7 Å². The lowest BCUT2D eigenvalue weighted by atomic mass is 9.75. The Hall–Kier alpha value is -3.39. The number of hydrogen-bond acceptors (Lipinski definition) is 4. The van der Waals surface area contributed by atoms with E-state index in [1.807, 2.05) is 0 Å². The number of methoxy groups -OCH3 is 2. The summed E-state index contributed by atoms with van der Waals surface area (Å²) in [5.41, 5.74) is 4.63. The Bertz CT molecular complexity index is 1430. The van der Waals surface area contributed by atoms with Crippen molar-refractivity contribution in [1.82, 2.24) is 14.8 Å². The smallest absolute Gasteiger partial charge is 0.306 e. The Kier molecular flexibility index (Phi) is 6.24. The lowest BCUT2D eigenvalue weighted by molar-refractivity contribution is -0.142. The van der Waals surface area contributed by atoms with E-state index in [4.69, 9.17) is 9.47 Å². The van der Waals surface area contributed by atoms with Crippen LogP contribution >= 0.6 is 0 Å². The Labute approximate surface area is 209 Å². The van der Waals surface area contributed by atoms with Crippen LogP contribution in [-0.2, 0) is 14.9 Å². The van der Waals surface area contributed by atoms with Gasteiger partial charge in [0.05, 0.1) is 36.9 Å². The summed E-state index contributed by atoms with van der Waals surface area (Å²) in [5.74, 6) is -1.06. The second-order valence-electron chi connectivity index (χ2n) is 10.4. The molecular weight excluding hydrogens is 461 g/mol. The molecule has 0 radical (unpaired) electrons. The molecule has 0 amide bonds. The van der Waals surface area contributed by atoms with E-state index in [9.17, 15) is 14.3 Å². The van der Waals surface area contributed by atoms with Gasteiger partial charge in [-0.1, -0.05) is 13.8 Å². The summed E-state index contributed by atoms with van der Waals surface area (Å²) in [6.07, 6.45) is 4.68. The highest BCUT2D eigenvalue weighted by Crippen LogP contribution is 2.47. The first kappa shape index (κ1) is 24.3. The molecule has 0 atom stereocenters. The van der Waals surface area contributed by atoms with E-state index in [0.717, 1.165) is 46.0 Å². The number of rotatable bonds is 7. The van der Waals surface area contributed by atoms with Crippen LogP contribution < -0.4 is 4.74 Å². The third-order valence-corrected chi connectivity index (χ3v) is 7.59. The summed E-state index contributed by atoms with van der Waals surface area (Å²) in [5, 5.41) is 19.0. The fraction of sp³-hybridized carbons (Fsp3) is 0.429. The predicted molar refractivity (Wildman–Crippen MR) is 137 cm³/mol. The molecule has 4 aromatic rings. The predicted octanol–water partition coefficient (Wildman–Crippen LogP) is 5.94. The molecule has 0 bridgehead atoms. The number of carboxylic acid groups (broad SMARTS) is 1. The van der Waals surface area contributed by atoms with Gasteiger partial charge in [-0.15, -0.1) is 0 Å². The zero-order valence-electron chi connectivity index (χ0n) is 21.1. The van der Waals surface area contributed by atoms with Crippen molar-refractivity contribution in [2.45, 2.75) is 50.9 Å². The number of hydrogen-bond donors (Lipinski definition) is 2. The van der Waals surface area contributed by atoms with E-state index in [0.29, 0.717) is 19.4 Å². The normalized spacial score (nSPS) is 18.7. The number of aromatic nitrogens is 3. The van der Waals surface area contributed by atoms with E-state index in [-0.39, 0.29) is 23.0 Å². The number of halogens is 1. The minimum atomic E-state index is -0.714. The second kappa shape index (κ2) is 9.24. The Morgan fingerprint density at radius 1 is 1.19 bits per heavy atom. The maximum atomic E-state index is 14.4. The van der Waals surface area contributed by atoms with Gasteiger partial charge in [0.2, 0.25) is 0 Å². The summed E-state index contributed by atoms with van der Waals surface area (Å²) in [6.45, 7) is 4.79. The molecule has 1 aliphatic rings. The summed E-state index contributed by atoms with van der Waals surface area (Å²) < 4.78 is 27.6.